The highest BCUT2D eigenvalue weighted by Gasteiger charge is 2.18. The Labute approximate surface area is 189 Å². The van der Waals surface area contributed by atoms with Crippen LogP contribution < -0.4 is 4.90 Å². The van der Waals surface area contributed by atoms with Crippen LogP contribution in [0.5, 0.6) is 5.75 Å². The molecule has 2 heterocycles. The van der Waals surface area contributed by atoms with Gasteiger partial charge in [-0.1, -0.05) is 55.8 Å². The van der Waals surface area contributed by atoms with E-state index >= 15 is 0 Å². The topological polar surface area (TPSA) is 46.9 Å². The Morgan fingerprint density at radius 1 is 0.800 bits per heavy atom. The molecule has 0 spiro atoms. The standard InChI is InChI=1S/C14H16N2OS2.C7H8.C2H6.CH4O/c17-13-5-3-12(4-6-13)15-7-9-16(10-8-15)19-14-2-1-11-18-14;1-7-5-3-2-4-6-7;2*1-2/h1-6,11,17H,7-10H2;2-6H,1H3;1-2H3;2H,1H3. The maximum absolute atomic E-state index is 9.31. The van der Waals surface area contributed by atoms with E-state index in [9.17, 15) is 5.11 Å². The molecule has 0 aliphatic carbocycles. The van der Waals surface area contributed by atoms with Crippen LogP contribution in [0.4, 0.5) is 5.69 Å². The lowest BCUT2D eigenvalue weighted by atomic mass is 10.2. The van der Waals surface area contributed by atoms with Gasteiger partial charge in [-0.15, -0.1) is 11.3 Å². The molecule has 2 N–H and O–H groups in total. The van der Waals surface area contributed by atoms with Crippen LogP contribution in [0.2, 0.25) is 0 Å². The van der Waals surface area contributed by atoms with E-state index in [1.165, 1.54) is 15.5 Å². The van der Waals surface area contributed by atoms with Gasteiger partial charge in [-0.05, 0) is 54.6 Å². The van der Waals surface area contributed by atoms with Gasteiger partial charge in [-0.25, -0.2) is 4.31 Å². The molecule has 0 unspecified atom stereocenters. The molecular formula is C24H34N2O2S2. The van der Waals surface area contributed by atoms with Crippen molar-refractivity contribution in [2.45, 2.75) is 25.0 Å². The molecule has 164 valence electrons. The van der Waals surface area contributed by atoms with Gasteiger partial charge < -0.3 is 15.1 Å². The maximum Gasteiger partial charge on any atom is 0.115 e. The summed E-state index contributed by atoms with van der Waals surface area (Å²) in [7, 11) is 1.00. The first kappa shape index (κ1) is 26.0. The molecule has 0 radical (unpaired) electrons. The number of aliphatic hydroxyl groups excluding tert-OH is 1. The predicted molar refractivity (Wildman–Crippen MR) is 133 cm³/mol. The largest absolute Gasteiger partial charge is 0.508 e. The fourth-order valence-electron chi connectivity index (χ4n) is 2.68. The fraction of sp³-hybridized carbons (Fsp3) is 0.333. The van der Waals surface area contributed by atoms with Crippen LogP contribution in [-0.2, 0) is 0 Å². The molecule has 1 saturated heterocycles. The van der Waals surface area contributed by atoms with Crippen LogP contribution in [0.1, 0.15) is 19.4 Å². The number of hydrogen-bond acceptors (Lipinski definition) is 6. The van der Waals surface area contributed by atoms with E-state index in [-0.39, 0.29) is 0 Å². The average molecular weight is 447 g/mol. The van der Waals surface area contributed by atoms with Crippen molar-refractivity contribution in [2.75, 3.05) is 38.2 Å². The third kappa shape index (κ3) is 9.67. The maximum atomic E-state index is 9.31. The molecule has 0 saturated carbocycles. The van der Waals surface area contributed by atoms with E-state index in [2.05, 4.69) is 45.8 Å². The Kier molecular flexibility index (Phi) is 13.7. The van der Waals surface area contributed by atoms with Crippen LogP contribution in [0, 0.1) is 6.92 Å². The van der Waals surface area contributed by atoms with Gasteiger partial charge >= 0.3 is 0 Å². The van der Waals surface area contributed by atoms with E-state index in [0.717, 1.165) is 33.3 Å². The third-order valence-electron chi connectivity index (χ3n) is 4.11. The lowest BCUT2D eigenvalue weighted by Gasteiger charge is -2.35. The average Bonchev–Trinajstić information content (AvgIpc) is 3.32. The third-order valence-corrected chi connectivity index (χ3v) is 6.22. The number of anilines is 1. The molecule has 0 bridgehead atoms. The van der Waals surface area contributed by atoms with E-state index in [1.807, 2.05) is 56.1 Å². The van der Waals surface area contributed by atoms with Gasteiger partial charge in [0.25, 0.3) is 0 Å². The summed E-state index contributed by atoms with van der Waals surface area (Å²) in [5.41, 5.74) is 2.51. The SMILES string of the molecule is CC.CO.Cc1ccccc1.Oc1ccc(N2CCN(Sc3cccs3)CC2)cc1. The summed E-state index contributed by atoms with van der Waals surface area (Å²) in [6, 6.07) is 22.0. The first-order valence-electron chi connectivity index (χ1n) is 10.2. The van der Waals surface area contributed by atoms with Crippen molar-refractivity contribution in [3.63, 3.8) is 0 Å². The van der Waals surface area contributed by atoms with E-state index in [4.69, 9.17) is 5.11 Å². The highest BCUT2D eigenvalue weighted by molar-refractivity contribution is 7.98. The van der Waals surface area contributed by atoms with Crippen molar-refractivity contribution < 1.29 is 10.2 Å². The summed E-state index contributed by atoms with van der Waals surface area (Å²) in [6.07, 6.45) is 0. The van der Waals surface area contributed by atoms with Gasteiger partial charge in [0.2, 0.25) is 0 Å². The second-order valence-corrected chi connectivity index (χ2v) is 8.46. The normalized spacial score (nSPS) is 13.0. The Balaban J connectivity index is 0.000000343. The Bertz CT molecular complexity index is 758. The summed E-state index contributed by atoms with van der Waals surface area (Å²) < 4.78 is 3.78. The molecule has 1 aliphatic rings. The minimum absolute atomic E-state index is 0.329. The molecule has 4 rings (SSSR count). The monoisotopic (exact) mass is 446 g/mol. The summed E-state index contributed by atoms with van der Waals surface area (Å²) in [5.74, 6) is 0.329. The number of rotatable bonds is 3. The summed E-state index contributed by atoms with van der Waals surface area (Å²) >= 11 is 3.65. The molecule has 1 fully saturated rings. The van der Waals surface area contributed by atoms with E-state index in [1.54, 1.807) is 23.5 Å². The number of aryl methyl sites for hydroxylation is 1. The molecule has 0 amide bonds. The van der Waals surface area contributed by atoms with Crippen LogP contribution in [-0.4, -0.2) is 47.8 Å². The molecule has 2 aromatic carbocycles. The fourth-order valence-corrected chi connectivity index (χ4v) is 4.52. The minimum Gasteiger partial charge on any atom is -0.508 e. The summed E-state index contributed by atoms with van der Waals surface area (Å²) in [6.45, 7) is 10.3. The molecule has 6 heteroatoms. The minimum atomic E-state index is 0.329. The molecule has 0 atom stereocenters. The number of benzene rings is 2. The van der Waals surface area contributed by atoms with Crippen molar-refractivity contribution in [1.29, 1.82) is 0 Å². The van der Waals surface area contributed by atoms with Crippen molar-refractivity contribution in [2.24, 2.45) is 0 Å². The summed E-state index contributed by atoms with van der Waals surface area (Å²) in [4.78, 5) is 2.37. The molecular weight excluding hydrogens is 412 g/mol. The van der Waals surface area contributed by atoms with Crippen molar-refractivity contribution in [3.8, 4) is 5.75 Å². The molecule has 3 aromatic rings. The van der Waals surface area contributed by atoms with Gasteiger partial charge in [0.05, 0.1) is 4.21 Å². The van der Waals surface area contributed by atoms with Gasteiger partial charge in [-0.3, -0.25) is 0 Å². The first-order chi connectivity index (χ1) is 14.7. The van der Waals surface area contributed by atoms with Gasteiger partial charge in [-0.2, -0.15) is 0 Å². The number of phenols is 1. The molecule has 1 aliphatic heterocycles. The Morgan fingerprint density at radius 2 is 1.40 bits per heavy atom. The highest BCUT2D eigenvalue weighted by Crippen LogP contribution is 2.29. The summed E-state index contributed by atoms with van der Waals surface area (Å²) in [5, 5.41) is 18.4. The number of aliphatic hydroxyl groups is 1. The number of nitrogens with zero attached hydrogens (tertiary/aromatic N) is 2. The quantitative estimate of drug-likeness (QED) is 0.490. The predicted octanol–water partition coefficient (Wildman–Crippen LogP) is 5.91. The second kappa shape index (κ2) is 15.8. The van der Waals surface area contributed by atoms with Crippen molar-refractivity contribution in [3.05, 3.63) is 77.7 Å². The van der Waals surface area contributed by atoms with E-state index in [0.29, 0.717) is 5.75 Å². The van der Waals surface area contributed by atoms with Crippen LogP contribution >= 0.6 is 23.3 Å². The van der Waals surface area contributed by atoms with Crippen LogP contribution in [0.3, 0.4) is 0 Å². The lowest BCUT2D eigenvalue weighted by Crippen LogP contribution is -2.43. The molecule has 1 aromatic heterocycles. The van der Waals surface area contributed by atoms with Crippen molar-refractivity contribution in [1.82, 2.24) is 4.31 Å². The zero-order valence-corrected chi connectivity index (χ0v) is 20.0. The van der Waals surface area contributed by atoms with E-state index < -0.39 is 0 Å². The Hall–Kier alpha value is -1.99. The number of aromatic hydroxyl groups is 1. The lowest BCUT2D eigenvalue weighted by molar-refractivity contribution is 0.399. The number of piperazine rings is 1. The first-order valence-corrected chi connectivity index (χ1v) is 11.8. The molecule has 4 nitrogen and oxygen atoms in total. The Morgan fingerprint density at radius 3 is 1.87 bits per heavy atom. The van der Waals surface area contributed by atoms with Gasteiger partial charge in [0, 0.05) is 39.0 Å². The molecule has 30 heavy (non-hydrogen) atoms. The van der Waals surface area contributed by atoms with Crippen molar-refractivity contribution >= 4 is 29.0 Å². The van der Waals surface area contributed by atoms with Crippen LogP contribution in [0.15, 0.2) is 76.3 Å². The van der Waals surface area contributed by atoms with Crippen LogP contribution in [0.25, 0.3) is 0 Å². The van der Waals surface area contributed by atoms with Gasteiger partial charge in [0.15, 0.2) is 0 Å². The van der Waals surface area contributed by atoms with Gasteiger partial charge in [0.1, 0.15) is 5.75 Å². The number of thiophene rings is 1. The zero-order valence-electron chi connectivity index (χ0n) is 18.4. The second-order valence-electron chi connectivity index (χ2n) is 6.11. The number of hydrogen-bond donors (Lipinski definition) is 2. The highest BCUT2D eigenvalue weighted by atomic mass is 32.2. The smallest absolute Gasteiger partial charge is 0.115 e. The zero-order chi connectivity index (χ0) is 22.2. The number of phenolic OH excluding ortho intramolecular Hbond substituents is 1.